The van der Waals surface area contributed by atoms with Gasteiger partial charge in [0.25, 0.3) is 0 Å². The van der Waals surface area contributed by atoms with Crippen LogP contribution >= 0.6 is 28.4 Å². The van der Waals surface area contributed by atoms with Crippen LogP contribution in [0.2, 0.25) is 0 Å². The zero-order chi connectivity index (χ0) is 30.4. The number of rotatable bonds is 11. The molecule has 2 aromatic rings. The molecular formula is C32H50IN4O4P. The number of halogens is 1. The standard InChI is InChI=1S/C27H36IN4O2P.C3H8O2.C2H6/c1-27(12-13-27)34-22-7-8-24(31-35-28)23(18-22)26(29)19-9-14-30-25(17-19)32-15-10-21(11-16-32)33-20-5-3-2-4-6-20;1-4-3-5-2;1-2/h7-9,14,17-18,20-21,29,31,35H,2-6,10-13,15-16H2,1H3;3H2,1-2H3;1-2H3. The van der Waals surface area contributed by atoms with Gasteiger partial charge in [-0.2, -0.15) is 0 Å². The van der Waals surface area contributed by atoms with E-state index in [4.69, 9.17) is 14.9 Å². The van der Waals surface area contributed by atoms with Crippen LogP contribution in [0.1, 0.15) is 89.7 Å². The molecule has 1 aromatic carbocycles. The van der Waals surface area contributed by atoms with Crippen LogP contribution in [0.5, 0.6) is 5.75 Å². The predicted molar refractivity (Wildman–Crippen MR) is 184 cm³/mol. The van der Waals surface area contributed by atoms with Crippen molar-refractivity contribution in [1.29, 1.82) is 5.41 Å². The monoisotopic (exact) mass is 712 g/mol. The number of hydrogen-bond donors (Lipinski definition) is 2. The van der Waals surface area contributed by atoms with Gasteiger partial charge in [0.1, 0.15) is 24.0 Å². The van der Waals surface area contributed by atoms with Gasteiger partial charge in [0.15, 0.2) is 0 Å². The van der Waals surface area contributed by atoms with Crippen LogP contribution in [-0.2, 0) is 14.2 Å². The molecule has 0 amide bonds. The molecule has 3 fully saturated rings. The first-order chi connectivity index (χ1) is 20.4. The second-order valence-corrected chi connectivity index (χ2v) is 13.1. The Hall–Kier alpha value is -1.52. The molecule has 1 aromatic heterocycles. The van der Waals surface area contributed by atoms with Crippen molar-refractivity contribution in [3.05, 3.63) is 47.7 Å². The van der Waals surface area contributed by atoms with Crippen molar-refractivity contribution in [2.24, 2.45) is 0 Å². The highest BCUT2D eigenvalue weighted by Crippen LogP contribution is 2.41. The maximum atomic E-state index is 9.06. The van der Waals surface area contributed by atoms with E-state index in [9.17, 15) is 0 Å². The summed E-state index contributed by atoms with van der Waals surface area (Å²) >= 11 is 2.33. The summed E-state index contributed by atoms with van der Waals surface area (Å²) in [6, 6.07) is 10.1. The molecular weight excluding hydrogens is 662 g/mol. The number of hydrogen-bond acceptors (Lipinski definition) is 8. The lowest BCUT2D eigenvalue weighted by Crippen LogP contribution is -2.39. The molecule has 1 saturated heterocycles. The molecule has 2 saturated carbocycles. The van der Waals surface area contributed by atoms with Crippen molar-refractivity contribution < 1.29 is 18.9 Å². The Morgan fingerprint density at radius 1 is 1.02 bits per heavy atom. The van der Waals surface area contributed by atoms with Crippen molar-refractivity contribution in [2.45, 2.75) is 96.4 Å². The summed E-state index contributed by atoms with van der Waals surface area (Å²) in [7, 11) is 3.17. The molecule has 2 N–H and O–H groups in total. The highest BCUT2D eigenvalue weighted by Gasteiger charge is 2.40. The van der Waals surface area contributed by atoms with E-state index >= 15 is 0 Å². The Bertz CT molecular complexity index is 1090. The molecule has 2 heterocycles. The number of pyridine rings is 1. The zero-order valence-corrected chi connectivity index (χ0v) is 29.2. The van der Waals surface area contributed by atoms with Crippen LogP contribution in [0.3, 0.4) is 0 Å². The Kier molecular flexibility index (Phi) is 15.3. The number of aromatic nitrogens is 1. The highest BCUT2D eigenvalue weighted by molar-refractivity contribution is 14.2. The van der Waals surface area contributed by atoms with E-state index in [-0.39, 0.29) is 5.60 Å². The number of piperidine rings is 1. The largest absolute Gasteiger partial charge is 0.488 e. The Morgan fingerprint density at radius 3 is 2.29 bits per heavy atom. The summed E-state index contributed by atoms with van der Waals surface area (Å²) < 4.78 is 21.6. The van der Waals surface area contributed by atoms with Crippen LogP contribution in [0.15, 0.2) is 36.5 Å². The number of nitrogens with one attached hydrogen (secondary N) is 2. The van der Waals surface area contributed by atoms with Crippen molar-refractivity contribution in [2.75, 3.05) is 44.1 Å². The molecule has 0 spiro atoms. The first-order valence-electron chi connectivity index (χ1n) is 15.3. The fraction of sp³-hybridized carbons (Fsp3) is 0.625. The normalized spacial score (nSPS) is 18.5. The van der Waals surface area contributed by atoms with E-state index < -0.39 is 0 Å². The topological polar surface area (TPSA) is 88.9 Å². The van der Waals surface area contributed by atoms with Crippen molar-refractivity contribution >= 4 is 45.6 Å². The lowest BCUT2D eigenvalue weighted by Gasteiger charge is -2.35. The Labute approximate surface area is 267 Å². The second kappa shape index (κ2) is 18.3. The fourth-order valence-electron chi connectivity index (χ4n) is 5.23. The average Bonchev–Trinajstić information content (AvgIpc) is 3.76. The molecule has 2 aliphatic carbocycles. The molecule has 1 atom stereocenters. The summed E-state index contributed by atoms with van der Waals surface area (Å²) in [5.74, 6) is 1.79. The lowest BCUT2D eigenvalue weighted by atomic mass is 9.97. The molecule has 1 aliphatic heterocycles. The number of benzene rings is 1. The third-order valence-corrected chi connectivity index (χ3v) is 8.91. The van der Waals surface area contributed by atoms with Gasteiger partial charge in [0.05, 0.1) is 17.9 Å². The SMILES string of the molecule is CC.CC1(Oc2ccc(NPI)c(C(=N)c3ccnc(N4CCC(OC5CCCCC5)CC4)c3)c2)CC1.COCOC. The van der Waals surface area contributed by atoms with Crippen LogP contribution < -0.4 is 14.7 Å². The highest BCUT2D eigenvalue weighted by atomic mass is 127. The van der Waals surface area contributed by atoms with E-state index in [1.165, 1.54) is 32.1 Å². The molecule has 1 unspecified atom stereocenters. The number of ether oxygens (including phenoxy) is 4. The van der Waals surface area contributed by atoms with Gasteiger partial charge >= 0.3 is 0 Å². The number of anilines is 2. The lowest BCUT2D eigenvalue weighted by molar-refractivity contribution is -0.0395. The third kappa shape index (κ3) is 10.9. The number of nitrogens with zero attached hydrogens (tertiary/aromatic N) is 2. The molecule has 8 nitrogen and oxygen atoms in total. The Morgan fingerprint density at radius 2 is 1.69 bits per heavy atom. The Balaban J connectivity index is 0.000000627. The molecule has 0 bridgehead atoms. The average molecular weight is 713 g/mol. The fourth-order valence-corrected chi connectivity index (χ4v) is 6.42. The molecule has 0 radical (unpaired) electrons. The molecule has 5 rings (SSSR count). The van der Waals surface area contributed by atoms with Crippen molar-refractivity contribution in [1.82, 2.24) is 4.98 Å². The smallest absolute Gasteiger partial charge is 0.145 e. The van der Waals surface area contributed by atoms with Crippen molar-refractivity contribution in [3.63, 3.8) is 0 Å². The maximum Gasteiger partial charge on any atom is 0.145 e. The van der Waals surface area contributed by atoms with Crippen LogP contribution in [0, 0.1) is 5.41 Å². The van der Waals surface area contributed by atoms with Crippen LogP contribution in [0.25, 0.3) is 0 Å². The summed E-state index contributed by atoms with van der Waals surface area (Å²) in [6.45, 7) is 8.44. The first kappa shape index (κ1) is 35.0. The van der Waals surface area contributed by atoms with Gasteiger partial charge in [-0.1, -0.05) is 33.1 Å². The zero-order valence-electron chi connectivity index (χ0n) is 26.0. The van der Waals surface area contributed by atoms with Crippen LogP contribution in [0.4, 0.5) is 11.5 Å². The number of methoxy groups -OCH3 is 2. The van der Waals surface area contributed by atoms with Gasteiger partial charge < -0.3 is 28.9 Å². The minimum atomic E-state index is -0.0456. The molecule has 3 aliphatic rings. The van der Waals surface area contributed by atoms with E-state index in [0.29, 0.717) is 31.1 Å². The summed E-state index contributed by atoms with van der Waals surface area (Å²) in [6.07, 6.45) is 13.9. The van der Waals surface area contributed by atoms with Gasteiger partial charge in [-0.25, -0.2) is 4.98 Å². The minimum absolute atomic E-state index is 0.0456. The van der Waals surface area contributed by atoms with Gasteiger partial charge in [0, 0.05) is 56.7 Å². The predicted octanol–water partition coefficient (Wildman–Crippen LogP) is 8.37. The van der Waals surface area contributed by atoms with Crippen LogP contribution in [-0.4, -0.2) is 62.6 Å². The summed E-state index contributed by atoms with van der Waals surface area (Å²) in [4.78, 5) is 7.00. The molecule has 10 heteroatoms. The minimum Gasteiger partial charge on any atom is -0.488 e. The van der Waals surface area contributed by atoms with E-state index in [0.717, 1.165) is 67.2 Å². The van der Waals surface area contributed by atoms with Gasteiger partial charge in [0.2, 0.25) is 0 Å². The van der Waals surface area contributed by atoms with E-state index in [2.05, 4.69) is 59.5 Å². The van der Waals surface area contributed by atoms with Gasteiger partial charge in [-0.15, -0.1) is 0 Å². The quantitative estimate of drug-likeness (QED) is 0.105. The third-order valence-electron chi connectivity index (χ3n) is 7.73. The molecule has 42 heavy (non-hydrogen) atoms. The maximum absolute atomic E-state index is 9.06. The van der Waals surface area contributed by atoms with E-state index in [1.807, 2.05) is 44.3 Å². The summed E-state index contributed by atoms with van der Waals surface area (Å²) in [5, 5.41) is 12.5. The van der Waals surface area contributed by atoms with Gasteiger partial charge in [-0.05, 0) is 97.8 Å². The first-order valence-corrected chi connectivity index (χ1v) is 19.4. The second-order valence-electron chi connectivity index (χ2n) is 11.0. The van der Waals surface area contributed by atoms with E-state index in [1.54, 1.807) is 14.2 Å². The van der Waals surface area contributed by atoms with Gasteiger partial charge in [-0.3, -0.25) is 5.41 Å². The summed E-state index contributed by atoms with van der Waals surface area (Å²) in [5.41, 5.74) is 3.16. The molecule has 234 valence electrons. The van der Waals surface area contributed by atoms with Crippen molar-refractivity contribution in [3.8, 4) is 5.75 Å².